The van der Waals surface area contributed by atoms with E-state index in [0.29, 0.717) is 45.8 Å². The molecule has 0 unspecified atom stereocenters. The highest BCUT2D eigenvalue weighted by Gasteiger charge is 2.31. The van der Waals surface area contributed by atoms with Gasteiger partial charge in [-0.05, 0) is 38.0 Å². The van der Waals surface area contributed by atoms with Crippen LogP contribution in [0.3, 0.4) is 0 Å². The van der Waals surface area contributed by atoms with Crippen LogP contribution in [0.4, 0.5) is 0 Å². The molecule has 2 aliphatic rings. The monoisotopic (exact) mass is 474 g/mol. The number of piperidine rings is 1. The molecular formula is C20H27ClN2O7S. The van der Waals surface area contributed by atoms with Crippen LogP contribution < -0.4 is 4.74 Å². The van der Waals surface area contributed by atoms with Crippen molar-refractivity contribution in [2.75, 3.05) is 52.6 Å². The topological polar surface area (TPSA) is 102 Å². The molecule has 0 N–H and O–H groups in total. The Balaban J connectivity index is 1.63. The van der Waals surface area contributed by atoms with Gasteiger partial charge in [0, 0.05) is 31.2 Å². The number of nitrogens with zero attached hydrogens (tertiary/aromatic N) is 2. The number of esters is 1. The summed E-state index contributed by atoms with van der Waals surface area (Å²) in [6, 6.07) is 4.30. The summed E-state index contributed by atoms with van der Waals surface area (Å²) in [5, 5.41) is 0.256. The van der Waals surface area contributed by atoms with Crippen molar-refractivity contribution in [2.45, 2.75) is 24.7 Å². The molecule has 1 amide bonds. The summed E-state index contributed by atoms with van der Waals surface area (Å²) in [5.41, 5.74) is 0. The van der Waals surface area contributed by atoms with Crippen LogP contribution in [-0.4, -0.2) is 82.1 Å². The van der Waals surface area contributed by atoms with Crippen molar-refractivity contribution in [3.05, 3.63) is 23.2 Å². The summed E-state index contributed by atoms with van der Waals surface area (Å²) in [7, 11) is -3.84. The van der Waals surface area contributed by atoms with Gasteiger partial charge in [-0.15, -0.1) is 0 Å². The number of halogens is 1. The summed E-state index contributed by atoms with van der Waals surface area (Å²) in [6.07, 6.45) is 1.06. The Kier molecular flexibility index (Phi) is 8.15. The van der Waals surface area contributed by atoms with E-state index in [-0.39, 0.29) is 53.2 Å². The molecule has 0 radical (unpaired) electrons. The molecule has 172 valence electrons. The van der Waals surface area contributed by atoms with Crippen LogP contribution in [0.15, 0.2) is 23.1 Å². The van der Waals surface area contributed by atoms with Crippen molar-refractivity contribution in [1.82, 2.24) is 9.21 Å². The normalized spacial score (nSPS) is 18.6. The number of likely N-dealkylation sites (tertiary alicyclic amines) is 1. The van der Waals surface area contributed by atoms with Gasteiger partial charge in [-0.1, -0.05) is 11.6 Å². The number of hydrogen-bond donors (Lipinski definition) is 0. The first-order chi connectivity index (χ1) is 14.8. The Morgan fingerprint density at radius 1 is 1.16 bits per heavy atom. The molecule has 3 rings (SSSR count). The molecule has 0 aromatic heterocycles. The average Bonchev–Trinajstić information content (AvgIpc) is 2.79. The molecule has 9 nitrogen and oxygen atoms in total. The Morgan fingerprint density at radius 3 is 2.48 bits per heavy atom. The summed E-state index contributed by atoms with van der Waals surface area (Å²) in [4.78, 5) is 26.0. The maximum Gasteiger partial charge on any atom is 0.309 e. The van der Waals surface area contributed by atoms with Crippen molar-refractivity contribution in [1.29, 1.82) is 0 Å². The quantitative estimate of drug-likeness (QED) is 0.552. The van der Waals surface area contributed by atoms with E-state index in [0.717, 1.165) is 0 Å². The predicted octanol–water partition coefficient (Wildman–Crippen LogP) is 1.54. The smallest absolute Gasteiger partial charge is 0.309 e. The van der Waals surface area contributed by atoms with Gasteiger partial charge in [-0.25, -0.2) is 8.42 Å². The van der Waals surface area contributed by atoms with Gasteiger partial charge in [0.2, 0.25) is 10.0 Å². The molecular weight excluding hydrogens is 448 g/mol. The number of benzene rings is 1. The lowest BCUT2D eigenvalue weighted by Gasteiger charge is -2.31. The summed E-state index contributed by atoms with van der Waals surface area (Å²) in [5.74, 6) is -0.631. The number of hydrogen-bond acceptors (Lipinski definition) is 7. The minimum atomic E-state index is -3.84. The average molecular weight is 475 g/mol. The molecule has 11 heteroatoms. The zero-order valence-corrected chi connectivity index (χ0v) is 19.0. The maximum atomic E-state index is 13.1. The van der Waals surface area contributed by atoms with Gasteiger partial charge < -0.3 is 19.1 Å². The van der Waals surface area contributed by atoms with Gasteiger partial charge in [0.1, 0.15) is 10.6 Å². The first kappa shape index (κ1) is 23.8. The fraction of sp³-hybridized carbons (Fsp3) is 0.600. The highest BCUT2D eigenvalue weighted by molar-refractivity contribution is 7.89. The molecule has 1 aromatic rings. The Bertz CT molecular complexity index is 895. The van der Waals surface area contributed by atoms with Crippen molar-refractivity contribution < 1.29 is 32.2 Å². The van der Waals surface area contributed by atoms with E-state index in [4.69, 9.17) is 25.8 Å². The number of morpholine rings is 1. The van der Waals surface area contributed by atoms with Crippen LogP contribution in [0.2, 0.25) is 5.02 Å². The van der Waals surface area contributed by atoms with Crippen LogP contribution in [0.25, 0.3) is 0 Å². The number of ether oxygens (including phenoxy) is 3. The summed E-state index contributed by atoms with van der Waals surface area (Å²) >= 11 is 6.03. The lowest BCUT2D eigenvalue weighted by Crippen LogP contribution is -2.43. The van der Waals surface area contributed by atoms with Crippen LogP contribution in [0, 0.1) is 5.92 Å². The third kappa shape index (κ3) is 5.88. The van der Waals surface area contributed by atoms with Gasteiger partial charge in [0.05, 0.1) is 25.7 Å². The number of sulfonamides is 1. The van der Waals surface area contributed by atoms with Gasteiger partial charge in [-0.2, -0.15) is 4.31 Å². The van der Waals surface area contributed by atoms with E-state index in [1.807, 2.05) is 0 Å². The summed E-state index contributed by atoms with van der Waals surface area (Å²) in [6.45, 7) is 3.74. The van der Waals surface area contributed by atoms with E-state index in [1.165, 1.54) is 22.5 Å². The molecule has 0 aliphatic carbocycles. The number of amides is 1. The Morgan fingerprint density at radius 2 is 1.84 bits per heavy atom. The first-order valence-electron chi connectivity index (χ1n) is 10.3. The second-order valence-corrected chi connectivity index (χ2v) is 9.65. The fourth-order valence-electron chi connectivity index (χ4n) is 3.58. The minimum absolute atomic E-state index is 0.0734. The van der Waals surface area contributed by atoms with Crippen molar-refractivity contribution in [3.8, 4) is 5.75 Å². The molecule has 1 aromatic carbocycles. The fourth-order valence-corrected chi connectivity index (χ4v) is 5.39. The van der Waals surface area contributed by atoms with Crippen molar-refractivity contribution in [3.63, 3.8) is 0 Å². The molecule has 2 saturated heterocycles. The lowest BCUT2D eigenvalue weighted by atomic mass is 9.97. The van der Waals surface area contributed by atoms with E-state index in [2.05, 4.69) is 0 Å². The van der Waals surface area contributed by atoms with E-state index in [1.54, 1.807) is 11.8 Å². The zero-order valence-electron chi connectivity index (χ0n) is 17.4. The summed E-state index contributed by atoms with van der Waals surface area (Å²) < 4.78 is 43.3. The number of carbonyl (C=O) groups excluding carboxylic acids is 2. The molecule has 2 heterocycles. The molecule has 0 spiro atoms. The van der Waals surface area contributed by atoms with Crippen molar-refractivity contribution in [2.24, 2.45) is 5.92 Å². The number of carbonyl (C=O) groups is 2. The largest absolute Gasteiger partial charge is 0.482 e. The molecule has 0 saturated carbocycles. The van der Waals surface area contributed by atoms with E-state index in [9.17, 15) is 18.0 Å². The van der Waals surface area contributed by atoms with Gasteiger partial charge in [0.15, 0.2) is 6.61 Å². The standard InChI is InChI=1S/C20H27ClN2O7S/c1-2-29-20(25)15-5-7-22(8-6-15)19(24)14-30-17-4-3-16(21)13-18(17)31(26,27)23-9-11-28-12-10-23/h3-4,13,15H,2,5-12,14H2,1H3. The minimum Gasteiger partial charge on any atom is -0.482 e. The van der Waals surface area contributed by atoms with Crippen molar-refractivity contribution >= 4 is 33.5 Å². The predicted molar refractivity (Wildman–Crippen MR) is 112 cm³/mol. The SMILES string of the molecule is CCOC(=O)C1CCN(C(=O)COc2ccc(Cl)cc2S(=O)(=O)N2CCOCC2)CC1. The Labute approximate surface area is 187 Å². The van der Waals surface area contributed by atoms with Gasteiger partial charge >= 0.3 is 5.97 Å². The molecule has 31 heavy (non-hydrogen) atoms. The van der Waals surface area contributed by atoms with Gasteiger partial charge in [0.25, 0.3) is 5.91 Å². The highest BCUT2D eigenvalue weighted by atomic mass is 35.5. The second kappa shape index (κ2) is 10.6. The molecule has 2 fully saturated rings. The van der Waals surface area contributed by atoms with E-state index < -0.39 is 10.0 Å². The number of rotatable bonds is 7. The van der Waals surface area contributed by atoms with Gasteiger partial charge in [-0.3, -0.25) is 9.59 Å². The van der Waals surface area contributed by atoms with Crippen LogP contribution in [0.1, 0.15) is 19.8 Å². The molecule has 0 atom stereocenters. The highest BCUT2D eigenvalue weighted by Crippen LogP contribution is 2.30. The third-order valence-corrected chi connectivity index (χ3v) is 7.47. The van der Waals surface area contributed by atoms with E-state index >= 15 is 0 Å². The van der Waals surface area contributed by atoms with Crippen LogP contribution in [0.5, 0.6) is 5.75 Å². The molecule has 0 bridgehead atoms. The van der Waals surface area contributed by atoms with Crippen LogP contribution in [-0.2, 0) is 29.1 Å². The first-order valence-corrected chi connectivity index (χ1v) is 12.1. The second-order valence-electron chi connectivity index (χ2n) is 7.30. The maximum absolute atomic E-state index is 13.1. The van der Waals surface area contributed by atoms with Crippen LogP contribution >= 0.6 is 11.6 Å². The zero-order chi connectivity index (χ0) is 22.4. The third-order valence-electron chi connectivity index (χ3n) is 5.31. The Hall–Kier alpha value is -1.88. The molecule has 2 aliphatic heterocycles. The lowest BCUT2D eigenvalue weighted by molar-refractivity contribution is -0.151.